The minimum absolute atomic E-state index is 0.0617. The number of carbonyl (C=O) groups excluding carboxylic acids is 2. The van der Waals surface area contributed by atoms with Crippen molar-refractivity contribution in [3.63, 3.8) is 0 Å². The van der Waals surface area contributed by atoms with Gasteiger partial charge < -0.3 is 9.64 Å². The summed E-state index contributed by atoms with van der Waals surface area (Å²) in [6.07, 6.45) is 0. The van der Waals surface area contributed by atoms with Gasteiger partial charge in [-0.05, 0) is 34.1 Å². The van der Waals surface area contributed by atoms with Crippen molar-refractivity contribution in [3.8, 4) is 0 Å². The molecule has 0 atom stereocenters. The molecule has 4 nitrogen and oxygen atoms in total. The summed E-state index contributed by atoms with van der Waals surface area (Å²) in [7, 11) is 0. The Kier molecular flexibility index (Phi) is 2.91. The first kappa shape index (κ1) is 11.1. The Labute approximate surface area is 99.1 Å². The van der Waals surface area contributed by atoms with Crippen molar-refractivity contribution >= 4 is 33.6 Å². The van der Waals surface area contributed by atoms with Gasteiger partial charge in [0.2, 0.25) is 0 Å². The summed E-state index contributed by atoms with van der Waals surface area (Å²) in [6.45, 7) is -0.123. The summed E-state index contributed by atoms with van der Waals surface area (Å²) >= 11 is 3.23. The fourth-order valence-corrected chi connectivity index (χ4v) is 1.95. The molecule has 1 heterocycles. The van der Waals surface area contributed by atoms with Crippen LogP contribution in [-0.2, 0) is 14.3 Å². The highest BCUT2D eigenvalue weighted by Gasteiger charge is 2.26. The molecule has 0 saturated carbocycles. The van der Waals surface area contributed by atoms with Crippen molar-refractivity contribution in [1.29, 1.82) is 0 Å². The van der Waals surface area contributed by atoms with Crippen LogP contribution in [0.4, 0.5) is 10.1 Å². The predicted molar refractivity (Wildman–Crippen MR) is 57.4 cm³/mol. The number of morpholine rings is 1. The number of halogens is 2. The fraction of sp³-hybridized carbons (Fsp3) is 0.200. The summed E-state index contributed by atoms with van der Waals surface area (Å²) in [4.78, 5) is 23.6. The number of hydrogen-bond donors (Lipinski definition) is 0. The molecule has 0 unspecified atom stereocenters. The van der Waals surface area contributed by atoms with Gasteiger partial charge in [-0.15, -0.1) is 0 Å². The minimum Gasteiger partial charge on any atom is -0.390 e. The lowest BCUT2D eigenvalue weighted by Gasteiger charge is -2.27. The maximum Gasteiger partial charge on any atom is 0.333 e. The molecule has 1 saturated heterocycles. The first-order valence-electron chi connectivity index (χ1n) is 4.50. The molecule has 1 aliphatic heterocycles. The highest BCUT2D eigenvalue weighted by molar-refractivity contribution is 9.10. The van der Waals surface area contributed by atoms with Gasteiger partial charge in [-0.3, -0.25) is 0 Å². The number of carbonyl (C=O) groups is 2. The molecule has 16 heavy (non-hydrogen) atoms. The third kappa shape index (κ3) is 2.21. The van der Waals surface area contributed by atoms with Crippen LogP contribution in [0.2, 0.25) is 0 Å². The lowest BCUT2D eigenvalue weighted by molar-refractivity contribution is -0.160. The average molecular weight is 288 g/mol. The zero-order valence-electron chi connectivity index (χ0n) is 8.07. The first-order chi connectivity index (χ1) is 7.56. The van der Waals surface area contributed by atoms with E-state index in [1.807, 2.05) is 0 Å². The predicted octanol–water partition coefficient (Wildman–Crippen LogP) is 1.48. The van der Waals surface area contributed by atoms with Crippen molar-refractivity contribution in [3.05, 3.63) is 28.5 Å². The van der Waals surface area contributed by atoms with Crippen LogP contribution < -0.4 is 4.90 Å². The SMILES string of the molecule is O=C1CN(c2cc(F)ccc2Br)CC(=O)O1. The Bertz CT molecular complexity index is 447. The number of anilines is 1. The van der Waals surface area contributed by atoms with Gasteiger partial charge in [-0.2, -0.15) is 0 Å². The minimum atomic E-state index is -0.632. The van der Waals surface area contributed by atoms with Crippen LogP contribution in [-0.4, -0.2) is 25.0 Å². The van der Waals surface area contributed by atoms with Crippen LogP contribution in [0, 0.1) is 5.82 Å². The van der Waals surface area contributed by atoms with Crippen molar-refractivity contribution in [2.45, 2.75) is 0 Å². The van der Waals surface area contributed by atoms with Gasteiger partial charge in [0.1, 0.15) is 18.9 Å². The molecule has 0 amide bonds. The molecule has 1 aliphatic rings. The highest BCUT2D eigenvalue weighted by Crippen LogP contribution is 2.27. The summed E-state index contributed by atoms with van der Waals surface area (Å²) < 4.78 is 18.0. The second kappa shape index (κ2) is 4.21. The second-order valence-corrected chi connectivity index (χ2v) is 4.15. The lowest BCUT2D eigenvalue weighted by Crippen LogP contribution is -2.43. The number of nitrogens with zero attached hydrogens (tertiary/aromatic N) is 1. The largest absolute Gasteiger partial charge is 0.390 e. The molecule has 0 aliphatic carbocycles. The van der Waals surface area contributed by atoms with E-state index in [1.54, 1.807) is 0 Å². The van der Waals surface area contributed by atoms with E-state index in [0.29, 0.717) is 10.2 Å². The van der Waals surface area contributed by atoms with Gasteiger partial charge in [0.15, 0.2) is 0 Å². The van der Waals surface area contributed by atoms with Gasteiger partial charge in [0.05, 0.1) is 5.69 Å². The molecule has 0 radical (unpaired) electrons. The third-order valence-corrected chi connectivity index (χ3v) is 2.79. The third-order valence-electron chi connectivity index (χ3n) is 2.12. The topological polar surface area (TPSA) is 46.6 Å². The summed E-state index contributed by atoms with van der Waals surface area (Å²) in [5, 5.41) is 0. The van der Waals surface area contributed by atoms with Gasteiger partial charge >= 0.3 is 11.9 Å². The van der Waals surface area contributed by atoms with Crippen LogP contribution in [0.5, 0.6) is 0 Å². The Morgan fingerprint density at radius 2 is 1.88 bits per heavy atom. The van der Waals surface area contributed by atoms with E-state index in [1.165, 1.54) is 23.1 Å². The van der Waals surface area contributed by atoms with E-state index < -0.39 is 17.8 Å². The molecular weight excluding hydrogens is 281 g/mol. The number of rotatable bonds is 1. The standard InChI is InChI=1S/C10H7BrFNO3/c11-7-2-1-6(12)3-8(7)13-4-9(14)16-10(15)5-13/h1-3H,4-5H2. The highest BCUT2D eigenvalue weighted by atomic mass is 79.9. The Hall–Kier alpha value is -1.43. The van der Waals surface area contributed by atoms with E-state index in [4.69, 9.17) is 0 Å². The number of cyclic esters (lactones) is 2. The molecule has 84 valence electrons. The molecule has 0 bridgehead atoms. The Balaban J connectivity index is 2.32. The Morgan fingerprint density at radius 3 is 2.50 bits per heavy atom. The van der Waals surface area contributed by atoms with E-state index in [0.717, 1.165) is 0 Å². The van der Waals surface area contributed by atoms with Crippen LogP contribution in [0.25, 0.3) is 0 Å². The lowest BCUT2D eigenvalue weighted by atomic mass is 10.2. The molecule has 1 fully saturated rings. The van der Waals surface area contributed by atoms with Crippen molar-refractivity contribution in [1.82, 2.24) is 0 Å². The molecule has 1 aromatic rings. The quantitative estimate of drug-likeness (QED) is 0.580. The summed E-state index contributed by atoms with van der Waals surface area (Å²) in [6, 6.07) is 4.07. The number of ether oxygens (including phenoxy) is 1. The maximum atomic E-state index is 13.0. The average Bonchev–Trinajstić information content (AvgIpc) is 2.20. The summed E-state index contributed by atoms with van der Waals surface area (Å²) in [5.41, 5.74) is 0.463. The molecular formula is C10H7BrFNO3. The molecule has 1 aromatic carbocycles. The van der Waals surface area contributed by atoms with E-state index in [-0.39, 0.29) is 13.1 Å². The zero-order valence-corrected chi connectivity index (χ0v) is 9.66. The maximum absolute atomic E-state index is 13.0. The van der Waals surface area contributed by atoms with Crippen LogP contribution in [0.15, 0.2) is 22.7 Å². The van der Waals surface area contributed by atoms with Crippen LogP contribution >= 0.6 is 15.9 Å². The van der Waals surface area contributed by atoms with Gasteiger partial charge in [0.25, 0.3) is 0 Å². The summed E-state index contributed by atoms with van der Waals surface area (Å²) in [5.74, 6) is -1.69. The first-order valence-corrected chi connectivity index (χ1v) is 5.29. The van der Waals surface area contributed by atoms with Crippen molar-refractivity contribution in [2.24, 2.45) is 0 Å². The molecule has 6 heteroatoms. The van der Waals surface area contributed by atoms with Crippen LogP contribution in [0.3, 0.4) is 0 Å². The monoisotopic (exact) mass is 287 g/mol. The van der Waals surface area contributed by atoms with Gasteiger partial charge in [0, 0.05) is 4.47 Å². The molecule has 2 rings (SSSR count). The van der Waals surface area contributed by atoms with Crippen LogP contribution in [0.1, 0.15) is 0 Å². The normalized spacial score (nSPS) is 16.2. The molecule has 0 spiro atoms. The van der Waals surface area contributed by atoms with E-state index >= 15 is 0 Å². The number of esters is 2. The van der Waals surface area contributed by atoms with Gasteiger partial charge in [-0.1, -0.05) is 0 Å². The van der Waals surface area contributed by atoms with Crippen molar-refractivity contribution < 1.29 is 18.7 Å². The number of hydrogen-bond acceptors (Lipinski definition) is 4. The zero-order chi connectivity index (χ0) is 11.7. The second-order valence-electron chi connectivity index (χ2n) is 3.30. The van der Waals surface area contributed by atoms with Crippen molar-refractivity contribution in [2.75, 3.05) is 18.0 Å². The molecule has 0 N–H and O–H groups in total. The fourth-order valence-electron chi connectivity index (χ4n) is 1.46. The van der Waals surface area contributed by atoms with Gasteiger partial charge in [-0.25, -0.2) is 14.0 Å². The number of benzene rings is 1. The van der Waals surface area contributed by atoms with E-state index in [9.17, 15) is 14.0 Å². The molecule has 0 aromatic heterocycles. The van der Waals surface area contributed by atoms with E-state index in [2.05, 4.69) is 20.7 Å². The smallest absolute Gasteiger partial charge is 0.333 e. The Morgan fingerprint density at radius 1 is 1.25 bits per heavy atom.